The van der Waals surface area contributed by atoms with Crippen LogP contribution in [0.25, 0.3) is 0 Å². The maximum atomic E-state index is 13.5. The first-order chi connectivity index (χ1) is 54.8. The molecule has 6 heterocycles. The zero-order valence-electron chi connectivity index (χ0n) is 67.0. The molecule has 0 aromatic heterocycles. The first-order valence-corrected chi connectivity index (χ1v) is 42.0. The van der Waals surface area contributed by atoms with Crippen LogP contribution in [0.5, 0.6) is 0 Å². The summed E-state index contributed by atoms with van der Waals surface area (Å²) in [6.45, 7) is 0.0844. The summed E-state index contributed by atoms with van der Waals surface area (Å²) in [5.41, 5.74) is 0. The monoisotopic (exact) mass is 1650 g/mol. The van der Waals surface area contributed by atoms with Crippen molar-refractivity contribution in [1.29, 1.82) is 0 Å². The van der Waals surface area contributed by atoms with Gasteiger partial charge in [-0.15, -0.1) is 0 Å². The van der Waals surface area contributed by atoms with Crippen LogP contribution in [0, 0.1) is 0 Å². The molecule has 6 fully saturated rings. The highest BCUT2D eigenvalue weighted by atomic mass is 16.8. The SMILES string of the molecule is CCCCCCCCCCCCC/C=C/[C@@H](O)[C@H](CO[C@@H]1OC(CO)[C@@H](O[C@@H]2OC(CO)[C@H](O[C@@H]3OC(CO)[C@H](O)[C@H](O[C@@H]4OC(CO)[C@H](O)[C@H](O[C@@H]5OC(CO)[C@@H](O[C@@H]6OC(CO)[C@H](O)[C@H](O)C6O)[C@H](O)C5NC(C)=O)C4O)C3NC(C)=O)[C@H](O)C2O)[C@H](O)C1O)NC(=O)CCCCCCCCCCCCCCCCCCC. The predicted octanol–water partition coefficient (Wildman–Crippen LogP) is -1.64. The number of aliphatic hydroxyl groups excluding tert-OH is 18. The van der Waals surface area contributed by atoms with Gasteiger partial charge in [0.15, 0.2) is 37.7 Å². The Morgan fingerprint density at radius 1 is 0.342 bits per heavy atom. The second-order valence-corrected chi connectivity index (χ2v) is 31.4. The Hall–Kier alpha value is -3.05. The Kier molecular flexibility index (Phi) is 47.0. The lowest BCUT2D eigenvalue weighted by molar-refractivity contribution is -0.385. The molecule has 0 saturated carbocycles. The molecule has 0 aliphatic carbocycles. The fraction of sp³-hybridized carbons (Fsp3) is 0.936. The minimum absolute atomic E-state index is 0.180. The van der Waals surface area contributed by atoms with Gasteiger partial charge in [0.25, 0.3) is 0 Å². The van der Waals surface area contributed by atoms with Gasteiger partial charge in [0.1, 0.15) is 146 Å². The smallest absolute Gasteiger partial charge is 0.220 e. The molecule has 36 nitrogen and oxygen atoms in total. The molecular formula is C78H141N3O33. The van der Waals surface area contributed by atoms with Gasteiger partial charge in [-0.2, -0.15) is 0 Å². The van der Waals surface area contributed by atoms with Crippen molar-refractivity contribution < 1.29 is 163 Å². The Bertz CT molecular complexity index is 2630. The zero-order chi connectivity index (χ0) is 83.4. The van der Waals surface area contributed by atoms with Crippen LogP contribution in [0.2, 0.25) is 0 Å². The molecular weight excluding hydrogens is 1510 g/mol. The number of aliphatic hydroxyl groups is 18. The van der Waals surface area contributed by atoms with Crippen molar-refractivity contribution in [3.63, 3.8) is 0 Å². The van der Waals surface area contributed by atoms with E-state index in [9.17, 15) is 106 Å². The first-order valence-electron chi connectivity index (χ1n) is 42.0. The van der Waals surface area contributed by atoms with Gasteiger partial charge in [-0.25, -0.2) is 0 Å². The van der Waals surface area contributed by atoms with E-state index in [0.29, 0.717) is 12.8 Å². The maximum absolute atomic E-state index is 13.5. The van der Waals surface area contributed by atoms with Crippen LogP contribution in [-0.2, 0) is 71.2 Å². The number of amides is 3. The summed E-state index contributed by atoms with van der Waals surface area (Å²) in [6.07, 6.45) is -17.7. The van der Waals surface area contributed by atoms with Crippen molar-refractivity contribution in [1.82, 2.24) is 16.0 Å². The summed E-state index contributed by atoms with van der Waals surface area (Å²) in [5.74, 6) is -2.05. The summed E-state index contributed by atoms with van der Waals surface area (Å²) >= 11 is 0. The van der Waals surface area contributed by atoms with Gasteiger partial charge in [-0.3, -0.25) is 14.4 Å². The average Bonchev–Trinajstić information content (AvgIpc) is 0.410. The molecule has 21 N–H and O–H groups in total. The number of hydrogen-bond acceptors (Lipinski definition) is 33. The molecule has 666 valence electrons. The van der Waals surface area contributed by atoms with Crippen LogP contribution in [-0.4, -0.2) is 352 Å². The summed E-state index contributed by atoms with van der Waals surface area (Å²) < 4.78 is 71.0. The largest absolute Gasteiger partial charge is 0.394 e. The summed E-state index contributed by atoms with van der Waals surface area (Å²) in [7, 11) is 0. The lowest BCUT2D eigenvalue weighted by Crippen LogP contribution is -2.71. The van der Waals surface area contributed by atoms with Gasteiger partial charge in [-0.1, -0.05) is 193 Å². The lowest BCUT2D eigenvalue weighted by atomic mass is 9.93. The molecule has 32 atom stereocenters. The van der Waals surface area contributed by atoms with E-state index >= 15 is 0 Å². The van der Waals surface area contributed by atoms with Crippen molar-refractivity contribution in [3.8, 4) is 0 Å². The van der Waals surface area contributed by atoms with E-state index in [1.54, 1.807) is 6.08 Å². The van der Waals surface area contributed by atoms with Crippen molar-refractivity contribution in [3.05, 3.63) is 12.2 Å². The number of ether oxygens (including phenoxy) is 12. The minimum Gasteiger partial charge on any atom is -0.394 e. The number of rotatable bonds is 54. The predicted molar refractivity (Wildman–Crippen MR) is 403 cm³/mol. The third-order valence-electron chi connectivity index (χ3n) is 22.2. The van der Waals surface area contributed by atoms with E-state index in [1.165, 1.54) is 122 Å². The Morgan fingerprint density at radius 3 is 1.12 bits per heavy atom. The molecule has 6 aliphatic heterocycles. The topological polar surface area (TPSA) is 562 Å². The highest BCUT2D eigenvalue weighted by Gasteiger charge is 2.59. The number of hydrogen-bond donors (Lipinski definition) is 21. The number of carbonyl (C=O) groups excluding carboxylic acids is 3. The molecule has 36 heteroatoms. The van der Waals surface area contributed by atoms with Crippen molar-refractivity contribution >= 4 is 17.7 Å². The van der Waals surface area contributed by atoms with E-state index in [0.717, 1.165) is 65.2 Å². The van der Waals surface area contributed by atoms with Crippen LogP contribution < -0.4 is 16.0 Å². The molecule has 6 aliphatic rings. The Labute approximate surface area is 669 Å². The van der Waals surface area contributed by atoms with Crippen LogP contribution in [0.15, 0.2) is 12.2 Å². The van der Waals surface area contributed by atoms with E-state index in [2.05, 4.69) is 29.8 Å². The summed E-state index contributed by atoms with van der Waals surface area (Å²) in [6, 6.07) is -4.65. The summed E-state index contributed by atoms with van der Waals surface area (Å²) in [5, 5.41) is 208. The fourth-order valence-electron chi connectivity index (χ4n) is 15.5. The number of carbonyl (C=O) groups is 3. The molecule has 0 bridgehead atoms. The molecule has 0 aromatic carbocycles. The van der Waals surface area contributed by atoms with Gasteiger partial charge >= 0.3 is 0 Å². The molecule has 114 heavy (non-hydrogen) atoms. The molecule has 6 rings (SSSR count). The van der Waals surface area contributed by atoms with E-state index < -0.39 is 254 Å². The van der Waals surface area contributed by atoms with Crippen molar-refractivity contribution in [2.75, 3.05) is 46.2 Å². The van der Waals surface area contributed by atoms with Gasteiger partial charge < -0.3 is 165 Å². The van der Waals surface area contributed by atoms with E-state index in [4.69, 9.17) is 56.8 Å². The Balaban J connectivity index is 1.08. The van der Waals surface area contributed by atoms with Crippen LogP contribution in [0.4, 0.5) is 0 Å². The molecule has 3 amide bonds. The van der Waals surface area contributed by atoms with Gasteiger partial charge in [0.2, 0.25) is 17.7 Å². The van der Waals surface area contributed by atoms with Crippen LogP contribution >= 0.6 is 0 Å². The quantitative estimate of drug-likeness (QED) is 0.0240. The van der Waals surface area contributed by atoms with Crippen LogP contribution in [0.1, 0.15) is 220 Å². The highest BCUT2D eigenvalue weighted by Crippen LogP contribution is 2.38. The zero-order valence-corrected chi connectivity index (χ0v) is 67.0. The molecule has 6 saturated heterocycles. The number of allylic oxidation sites excluding steroid dienone is 1. The van der Waals surface area contributed by atoms with Gasteiger partial charge in [0, 0.05) is 20.3 Å². The summed E-state index contributed by atoms with van der Waals surface area (Å²) in [4.78, 5) is 39.3. The third-order valence-corrected chi connectivity index (χ3v) is 22.2. The van der Waals surface area contributed by atoms with E-state index in [-0.39, 0.29) is 12.3 Å². The number of unbranched alkanes of at least 4 members (excludes halogenated alkanes) is 27. The van der Waals surface area contributed by atoms with Gasteiger partial charge in [0.05, 0.1) is 58.4 Å². The highest BCUT2D eigenvalue weighted by molar-refractivity contribution is 5.76. The molecule has 0 aromatic rings. The van der Waals surface area contributed by atoms with Crippen molar-refractivity contribution in [2.24, 2.45) is 0 Å². The third kappa shape index (κ3) is 30.5. The second-order valence-electron chi connectivity index (χ2n) is 31.4. The van der Waals surface area contributed by atoms with Gasteiger partial charge in [-0.05, 0) is 19.3 Å². The normalized spacial score (nSPS) is 36.8. The molecule has 12 unspecified atom stereocenters. The average molecular weight is 1650 g/mol. The standard InChI is InChI=1S/C78H141N3O33/c1-5-7-9-11-13-15-17-19-20-21-22-24-26-28-30-32-34-36-54(91)81-46(47(90)35-33-31-29-27-25-23-18-16-14-12-10-8-6-2)43-103-75-65(100)62(97)70(52(41-86)108-75)112-77-66(101)63(98)69(53(42-87)109-77)110-74-56(80-45(4)89)71(58(93)49(38-83)104-74)113-78-67(102)72(59(94)50(39-84)106-78)114-73-55(79-44(3)88)60(95)68(51(40-85)107-73)111-76-64(99)61(96)57(92)48(37-82)105-76/h33,35,46-53,55-78,82-87,90,92-102H,5-32,34,36-43H2,1-4H3,(H,79,88)(H,80,89)(H,81,91)/b35-33+/t46-,47+,48?,49?,50?,51?,52?,53?,55?,56?,57-,58-,59-,60+,61-,62+,63+,64?,65?,66?,67?,68+,69-,70+,71+,72-,73-,74-,75+,76-,77-,78-/m0/s1. The molecule has 0 radical (unpaired) electrons. The van der Waals surface area contributed by atoms with E-state index in [1.807, 2.05) is 6.08 Å². The first kappa shape index (κ1) is 99.8. The second kappa shape index (κ2) is 53.7. The lowest BCUT2D eigenvalue weighted by Gasteiger charge is -2.51. The maximum Gasteiger partial charge on any atom is 0.220 e. The number of nitrogens with one attached hydrogen (secondary N) is 3. The Morgan fingerprint density at radius 2 is 0.667 bits per heavy atom. The molecule has 0 spiro atoms. The van der Waals surface area contributed by atoms with Crippen LogP contribution in [0.3, 0.4) is 0 Å². The fourth-order valence-corrected chi connectivity index (χ4v) is 15.5. The minimum atomic E-state index is -2.27. The van der Waals surface area contributed by atoms with Crippen molar-refractivity contribution in [2.45, 2.75) is 417 Å².